The Labute approximate surface area is 168 Å². The topological polar surface area (TPSA) is 78.9 Å². The van der Waals surface area contributed by atoms with E-state index in [1.165, 1.54) is 11.1 Å². The number of alkyl halides is 3. The summed E-state index contributed by atoms with van der Waals surface area (Å²) < 4.78 is 36.7. The van der Waals surface area contributed by atoms with Gasteiger partial charge in [-0.2, -0.15) is 13.2 Å². The predicted octanol–water partition coefficient (Wildman–Crippen LogP) is 2.81. The van der Waals surface area contributed by atoms with Crippen molar-refractivity contribution < 1.29 is 32.6 Å². The molecule has 162 valence electrons. The molecule has 29 heavy (non-hydrogen) atoms. The number of carbonyl (C=O) groups is 2. The van der Waals surface area contributed by atoms with Gasteiger partial charge in [0.25, 0.3) is 0 Å². The molecule has 0 unspecified atom stereocenters. The number of likely N-dealkylation sites (tertiary alicyclic amines) is 1. The van der Waals surface area contributed by atoms with Crippen molar-refractivity contribution in [3.63, 3.8) is 0 Å². The van der Waals surface area contributed by atoms with Gasteiger partial charge in [0, 0.05) is 38.6 Å². The summed E-state index contributed by atoms with van der Waals surface area (Å²) >= 11 is 0. The molecule has 1 heterocycles. The average Bonchev–Trinajstić information content (AvgIpc) is 3.13. The molecule has 0 radical (unpaired) electrons. The minimum absolute atomic E-state index is 0.0229. The average molecular weight is 416 g/mol. The van der Waals surface area contributed by atoms with Gasteiger partial charge in [0.05, 0.1) is 6.04 Å². The predicted molar refractivity (Wildman–Crippen MR) is 100 cm³/mol. The summed E-state index contributed by atoms with van der Waals surface area (Å²) in [5.41, 5.74) is 2.72. The summed E-state index contributed by atoms with van der Waals surface area (Å²) in [4.78, 5) is 23.4. The first-order valence-electron chi connectivity index (χ1n) is 9.44. The molecule has 2 aliphatic rings. The van der Waals surface area contributed by atoms with Crippen LogP contribution in [0.3, 0.4) is 0 Å². The van der Waals surface area contributed by atoms with Crippen LogP contribution in [-0.4, -0.2) is 61.4 Å². The SMILES string of the molecule is COCC(=O)N[C@@H]1c2ccccc2[C@@H]2CN(CC(C)C)C[C@H]12.O=C(O)C(F)(F)F. The summed E-state index contributed by atoms with van der Waals surface area (Å²) in [6.07, 6.45) is -5.08. The molecule has 9 heteroatoms. The number of halogens is 3. The van der Waals surface area contributed by atoms with Crippen LogP contribution < -0.4 is 5.32 Å². The van der Waals surface area contributed by atoms with Gasteiger partial charge in [0.1, 0.15) is 6.61 Å². The zero-order valence-corrected chi connectivity index (χ0v) is 16.7. The van der Waals surface area contributed by atoms with Gasteiger partial charge >= 0.3 is 12.1 Å². The van der Waals surface area contributed by atoms with E-state index in [1.807, 2.05) is 0 Å². The Morgan fingerprint density at radius 3 is 2.34 bits per heavy atom. The van der Waals surface area contributed by atoms with Crippen LogP contribution in [0, 0.1) is 11.8 Å². The summed E-state index contributed by atoms with van der Waals surface area (Å²) in [6, 6.07) is 8.70. The minimum atomic E-state index is -5.08. The van der Waals surface area contributed by atoms with Crippen molar-refractivity contribution in [2.24, 2.45) is 11.8 Å². The molecule has 3 atom stereocenters. The Bertz CT molecular complexity index is 724. The second kappa shape index (κ2) is 9.58. The second-order valence-electron chi connectivity index (χ2n) is 7.79. The number of amides is 1. The smallest absolute Gasteiger partial charge is 0.475 e. The zero-order valence-electron chi connectivity index (χ0n) is 16.7. The summed E-state index contributed by atoms with van der Waals surface area (Å²) in [5.74, 6) is -1.08. The van der Waals surface area contributed by atoms with Crippen molar-refractivity contribution in [2.45, 2.75) is 32.0 Å². The van der Waals surface area contributed by atoms with Crippen molar-refractivity contribution in [3.8, 4) is 0 Å². The Hall–Kier alpha value is -2.13. The van der Waals surface area contributed by atoms with Crippen LogP contribution in [0.1, 0.15) is 36.9 Å². The fourth-order valence-corrected chi connectivity index (χ4v) is 4.14. The molecule has 0 spiro atoms. The number of carbonyl (C=O) groups excluding carboxylic acids is 1. The van der Waals surface area contributed by atoms with E-state index >= 15 is 0 Å². The highest BCUT2D eigenvalue weighted by Gasteiger charge is 2.46. The molecule has 1 amide bonds. The van der Waals surface area contributed by atoms with E-state index in [9.17, 15) is 18.0 Å². The first kappa shape index (κ1) is 23.2. The third-order valence-corrected chi connectivity index (χ3v) is 5.06. The largest absolute Gasteiger partial charge is 0.490 e. The van der Waals surface area contributed by atoms with Crippen LogP contribution >= 0.6 is 0 Å². The molecular weight excluding hydrogens is 389 g/mol. The third kappa shape index (κ3) is 5.93. The standard InChI is InChI=1S/C18H26N2O2.C2HF3O2/c1-12(2)8-20-9-15-13-6-4-5-7-14(13)18(16(15)10-20)19-17(21)11-22-3;3-2(4,5)1(6)7/h4-7,12,15-16,18H,8-11H2,1-3H3,(H,19,21);(H,6,7)/t15-,16-,18+;/m0./s1. The molecule has 1 aliphatic heterocycles. The van der Waals surface area contributed by atoms with Gasteiger partial charge in [0.15, 0.2) is 0 Å². The van der Waals surface area contributed by atoms with Crippen LogP contribution in [0.4, 0.5) is 13.2 Å². The van der Waals surface area contributed by atoms with Crippen LogP contribution in [0.25, 0.3) is 0 Å². The maximum atomic E-state index is 12.0. The summed E-state index contributed by atoms with van der Waals surface area (Å²) in [7, 11) is 1.56. The van der Waals surface area contributed by atoms with Gasteiger partial charge < -0.3 is 20.1 Å². The van der Waals surface area contributed by atoms with Gasteiger partial charge in [-0.15, -0.1) is 0 Å². The number of hydrogen-bond acceptors (Lipinski definition) is 4. The molecule has 1 fully saturated rings. The van der Waals surface area contributed by atoms with E-state index < -0.39 is 12.1 Å². The number of carboxylic acids is 1. The highest BCUT2D eigenvalue weighted by Crippen LogP contribution is 2.49. The lowest BCUT2D eigenvalue weighted by Gasteiger charge is -2.23. The first-order valence-corrected chi connectivity index (χ1v) is 9.44. The zero-order chi connectivity index (χ0) is 21.8. The fraction of sp³-hybridized carbons (Fsp3) is 0.600. The number of methoxy groups -OCH3 is 1. The Balaban J connectivity index is 0.000000370. The number of rotatable bonds is 5. The van der Waals surface area contributed by atoms with Gasteiger partial charge in [0.2, 0.25) is 5.91 Å². The van der Waals surface area contributed by atoms with Crippen LogP contribution in [0.2, 0.25) is 0 Å². The molecule has 1 aromatic carbocycles. The third-order valence-electron chi connectivity index (χ3n) is 5.06. The number of carboxylic acid groups (broad SMARTS) is 1. The lowest BCUT2D eigenvalue weighted by molar-refractivity contribution is -0.192. The molecule has 6 nitrogen and oxygen atoms in total. The van der Waals surface area contributed by atoms with Crippen molar-refractivity contribution in [2.75, 3.05) is 33.4 Å². The van der Waals surface area contributed by atoms with Crippen LogP contribution in [-0.2, 0) is 14.3 Å². The Morgan fingerprint density at radius 1 is 1.24 bits per heavy atom. The summed E-state index contributed by atoms with van der Waals surface area (Å²) in [5, 5.41) is 10.3. The molecular formula is C20H27F3N2O4. The molecule has 3 rings (SSSR count). The highest BCUT2D eigenvalue weighted by molar-refractivity contribution is 5.78. The molecule has 0 bridgehead atoms. The number of nitrogens with zero attached hydrogens (tertiary/aromatic N) is 1. The number of fused-ring (bicyclic) bond motifs is 3. The molecule has 1 saturated heterocycles. The van der Waals surface area contributed by atoms with E-state index in [-0.39, 0.29) is 18.6 Å². The lowest BCUT2D eigenvalue weighted by Crippen LogP contribution is -2.36. The molecule has 0 saturated carbocycles. The highest BCUT2D eigenvalue weighted by atomic mass is 19.4. The summed E-state index contributed by atoms with van der Waals surface area (Å²) in [6.45, 7) is 7.96. The van der Waals surface area contributed by atoms with Crippen LogP contribution in [0.5, 0.6) is 0 Å². The van der Waals surface area contributed by atoms with Crippen molar-refractivity contribution >= 4 is 11.9 Å². The number of benzene rings is 1. The number of hydrogen-bond donors (Lipinski definition) is 2. The molecule has 1 aliphatic carbocycles. The van der Waals surface area contributed by atoms with E-state index in [2.05, 4.69) is 48.3 Å². The first-order chi connectivity index (χ1) is 13.5. The van der Waals surface area contributed by atoms with Crippen molar-refractivity contribution in [1.82, 2.24) is 10.2 Å². The van der Waals surface area contributed by atoms with Gasteiger partial charge in [-0.05, 0) is 17.0 Å². The Kier molecular flexibility index (Phi) is 7.65. The quantitative estimate of drug-likeness (QED) is 0.772. The normalized spacial score (nSPS) is 23.2. The molecule has 2 N–H and O–H groups in total. The monoisotopic (exact) mass is 416 g/mol. The molecule has 1 aromatic rings. The van der Waals surface area contributed by atoms with Gasteiger partial charge in [-0.25, -0.2) is 4.79 Å². The maximum Gasteiger partial charge on any atom is 0.490 e. The lowest BCUT2D eigenvalue weighted by atomic mass is 9.94. The van der Waals surface area contributed by atoms with E-state index in [0.29, 0.717) is 17.8 Å². The van der Waals surface area contributed by atoms with Crippen LogP contribution in [0.15, 0.2) is 24.3 Å². The maximum absolute atomic E-state index is 12.0. The Morgan fingerprint density at radius 2 is 1.83 bits per heavy atom. The molecule has 0 aromatic heterocycles. The van der Waals surface area contributed by atoms with E-state index in [1.54, 1.807) is 7.11 Å². The fourth-order valence-electron chi connectivity index (χ4n) is 4.14. The number of aliphatic carboxylic acids is 1. The number of nitrogens with one attached hydrogen (secondary N) is 1. The second-order valence-corrected chi connectivity index (χ2v) is 7.79. The van der Waals surface area contributed by atoms with E-state index in [0.717, 1.165) is 19.6 Å². The minimum Gasteiger partial charge on any atom is -0.475 e. The van der Waals surface area contributed by atoms with Gasteiger partial charge in [-0.3, -0.25) is 4.79 Å². The number of ether oxygens (including phenoxy) is 1. The van der Waals surface area contributed by atoms with E-state index in [4.69, 9.17) is 14.6 Å². The van der Waals surface area contributed by atoms with Crippen molar-refractivity contribution in [3.05, 3.63) is 35.4 Å². The van der Waals surface area contributed by atoms with Crippen molar-refractivity contribution in [1.29, 1.82) is 0 Å². The van der Waals surface area contributed by atoms with Gasteiger partial charge in [-0.1, -0.05) is 38.1 Å².